The molecule has 66 valence electrons. The van der Waals surface area contributed by atoms with Gasteiger partial charge in [-0.15, -0.1) is 0 Å². The van der Waals surface area contributed by atoms with E-state index >= 15 is 0 Å². The minimum atomic E-state index is -1.05. The number of amides is 1. The molecule has 2 N–H and O–H groups in total. The number of carboxylic acid groups (broad SMARTS) is 1. The predicted molar refractivity (Wildman–Crippen MR) is 38.2 cm³/mol. The largest absolute Gasteiger partial charge is 0.465 e. The summed E-state index contributed by atoms with van der Waals surface area (Å²) < 4.78 is 0. The quantitative estimate of drug-likeness (QED) is 0.342. The summed E-state index contributed by atoms with van der Waals surface area (Å²) in [4.78, 5) is 19.1. The van der Waals surface area contributed by atoms with Crippen LogP contribution in [-0.4, -0.2) is 31.0 Å². The molecule has 0 aromatic heterocycles. The van der Waals surface area contributed by atoms with Crippen molar-refractivity contribution < 1.29 is 19.7 Å². The zero-order valence-corrected chi connectivity index (χ0v) is 6.50. The Labute approximate surface area is 65.2 Å². The number of hydrogen-bond acceptors (Lipinski definition) is 3. The van der Waals surface area contributed by atoms with E-state index in [4.69, 9.17) is 5.11 Å². The molecule has 0 aliphatic carbocycles. The van der Waals surface area contributed by atoms with Crippen LogP contribution in [0.25, 0.3) is 0 Å². The van der Waals surface area contributed by atoms with Crippen LogP contribution in [0, 0.1) is 0 Å². The summed E-state index contributed by atoms with van der Waals surface area (Å²) in [5.74, 6) is 0. The van der Waals surface area contributed by atoms with Gasteiger partial charge in [0, 0.05) is 6.54 Å². The van der Waals surface area contributed by atoms with Crippen molar-refractivity contribution in [3.05, 3.63) is 0 Å². The lowest BCUT2D eigenvalue weighted by Gasteiger charge is -2.01. The predicted octanol–water partition coefficient (Wildman–Crippen LogP) is 0.612. The van der Waals surface area contributed by atoms with Crippen LogP contribution in [0.5, 0.6) is 0 Å². The molecule has 11 heavy (non-hydrogen) atoms. The second kappa shape index (κ2) is 7.30. The summed E-state index contributed by atoms with van der Waals surface area (Å²) in [5, 5.41) is 10.2. The number of carbonyl (C=O) groups is 1. The first-order valence-corrected chi connectivity index (χ1v) is 3.48. The van der Waals surface area contributed by atoms with Crippen molar-refractivity contribution in [2.24, 2.45) is 0 Å². The van der Waals surface area contributed by atoms with Crippen LogP contribution in [0.15, 0.2) is 0 Å². The van der Waals surface area contributed by atoms with Gasteiger partial charge in [0.25, 0.3) is 0 Å². The second-order valence-corrected chi connectivity index (χ2v) is 1.88. The highest BCUT2D eigenvalue weighted by Gasteiger charge is 1.92. The summed E-state index contributed by atoms with van der Waals surface area (Å²) in [6.07, 6.45) is -0.170. The Morgan fingerprint density at radius 2 is 2.09 bits per heavy atom. The third kappa shape index (κ3) is 9.19. The molecule has 0 saturated heterocycles. The van der Waals surface area contributed by atoms with E-state index in [0.29, 0.717) is 6.61 Å². The molecule has 0 aliphatic rings. The second-order valence-electron chi connectivity index (χ2n) is 1.88. The van der Waals surface area contributed by atoms with Gasteiger partial charge in [0.15, 0.2) is 0 Å². The maximum absolute atomic E-state index is 9.88. The van der Waals surface area contributed by atoms with Crippen LogP contribution < -0.4 is 5.32 Å². The van der Waals surface area contributed by atoms with E-state index in [-0.39, 0.29) is 13.2 Å². The molecule has 0 unspecified atom stereocenters. The van der Waals surface area contributed by atoms with E-state index in [1.165, 1.54) is 0 Å². The standard InChI is InChI=1S/C6H13NO4/c1-2-4-10-11-5-3-7-6(8)9/h7H,2-5H2,1H3,(H,8,9). The van der Waals surface area contributed by atoms with Gasteiger partial charge < -0.3 is 10.4 Å². The molecule has 0 atom stereocenters. The Morgan fingerprint density at radius 1 is 1.45 bits per heavy atom. The number of hydrogen-bond donors (Lipinski definition) is 2. The van der Waals surface area contributed by atoms with Crippen molar-refractivity contribution in [3.8, 4) is 0 Å². The van der Waals surface area contributed by atoms with E-state index < -0.39 is 6.09 Å². The van der Waals surface area contributed by atoms with Gasteiger partial charge in [-0.3, -0.25) is 0 Å². The Hall–Kier alpha value is -0.810. The highest BCUT2D eigenvalue weighted by Crippen LogP contribution is 1.80. The molecule has 0 heterocycles. The fourth-order valence-electron chi connectivity index (χ4n) is 0.401. The summed E-state index contributed by atoms with van der Waals surface area (Å²) in [6.45, 7) is 2.98. The molecule has 0 aromatic carbocycles. The molecular formula is C6H13NO4. The molecule has 1 amide bonds. The van der Waals surface area contributed by atoms with Crippen LogP contribution in [0.1, 0.15) is 13.3 Å². The highest BCUT2D eigenvalue weighted by molar-refractivity contribution is 5.64. The third-order valence-electron chi connectivity index (χ3n) is 0.832. The van der Waals surface area contributed by atoms with Gasteiger partial charge in [-0.1, -0.05) is 6.92 Å². The van der Waals surface area contributed by atoms with E-state index in [2.05, 4.69) is 15.1 Å². The lowest BCUT2D eigenvalue weighted by atomic mass is 10.5. The van der Waals surface area contributed by atoms with Crippen molar-refractivity contribution >= 4 is 6.09 Å². The molecule has 5 heteroatoms. The first-order chi connectivity index (χ1) is 5.27. The van der Waals surface area contributed by atoms with Crippen molar-refractivity contribution in [3.63, 3.8) is 0 Å². The van der Waals surface area contributed by atoms with Crippen LogP contribution in [0.4, 0.5) is 4.79 Å². The summed E-state index contributed by atoms with van der Waals surface area (Å²) in [5.41, 5.74) is 0. The maximum Gasteiger partial charge on any atom is 0.404 e. The zero-order chi connectivity index (χ0) is 8.53. The molecule has 0 aliphatic heterocycles. The molecule has 0 rings (SSSR count). The van der Waals surface area contributed by atoms with Gasteiger partial charge in [-0.25, -0.2) is 14.6 Å². The van der Waals surface area contributed by atoms with Gasteiger partial charge >= 0.3 is 6.09 Å². The Morgan fingerprint density at radius 3 is 2.64 bits per heavy atom. The molecule has 0 spiro atoms. The average molecular weight is 163 g/mol. The molecule has 0 aromatic rings. The molecule has 0 fully saturated rings. The number of nitrogens with one attached hydrogen (secondary N) is 1. The monoisotopic (exact) mass is 163 g/mol. The van der Waals surface area contributed by atoms with Gasteiger partial charge in [0.1, 0.15) is 0 Å². The van der Waals surface area contributed by atoms with E-state index in [1.54, 1.807) is 0 Å². The van der Waals surface area contributed by atoms with Gasteiger partial charge in [0.05, 0.1) is 13.2 Å². The van der Waals surface area contributed by atoms with Gasteiger partial charge in [-0.2, -0.15) is 0 Å². The Bertz CT molecular complexity index is 107. The van der Waals surface area contributed by atoms with Crippen molar-refractivity contribution in [1.82, 2.24) is 5.32 Å². The van der Waals surface area contributed by atoms with Crippen LogP contribution in [0.2, 0.25) is 0 Å². The first kappa shape index (κ1) is 10.2. The fourth-order valence-corrected chi connectivity index (χ4v) is 0.401. The lowest BCUT2D eigenvalue weighted by Crippen LogP contribution is -2.25. The Balaban J connectivity index is 2.85. The zero-order valence-electron chi connectivity index (χ0n) is 6.50. The van der Waals surface area contributed by atoms with Crippen LogP contribution >= 0.6 is 0 Å². The van der Waals surface area contributed by atoms with E-state index in [1.807, 2.05) is 6.92 Å². The highest BCUT2D eigenvalue weighted by atomic mass is 17.2. The van der Waals surface area contributed by atoms with Crippen LogP contribution in [0.3, 0.4) is 0 Å². The topological polar surface area (TPSA) is 67.8 Å². The molecule has 0 bridgehead atoms. The Kier molecular flexibility index (Phi) is 6.76. The molecule has 0 radical (unpaired) electrons. The lowest BCUT2D eigenvalue weighted by molar-refractivity contribution is -0.292. The summed E-state index contributed by atoms with van der Waals surface area (Å²) >= 11 is 0. The maximum atomic E-state index is 9.88. The van der Waals surface area contributed by atoms with E-state index in [9.17, 15) is 4.79 Å². The molecular weight excluding hydrogens is 150 g/mol. The fraction of sp³-hybridized carbons (Fsp3) is 0.833. The minimum Gasteiger partial charge on any atom is -0.465 e. The SMILES string of the molecule is CCCOOCCNC(=O)O. The van der Waals surface area contributed by atoms with Crippen molar-refractivity contribution in [1.29, 1.82) is 0 Å². The minimum absolute atomic E-state index is 0.242. The van der Waals surface area contributed by atoms with E-state index in [0.717, 1.165) is 6.42 Å². The normalized spacial score (nSPS) is 9.55. The first-order valence-electron chi connectivity index (χ1n) is 3.48. The van der Waals surface area contributed by atoms with Crippen molar-refractivity contribution in [2.75, 3.05) is 19.8 Å². The smallest absolute Gasteiger partial charge is 0.404 e. The average Bonchev–Trinajstić information content (AvgIpc) is 1.96. The van der Waals surface area contributed by atoms with Gasteiger partial charge in [0.2, 0.25) is 0 Å². The van der Waals surface area contributed by atoms with Crippen molar-refractivity contribution in [2.45, 2.75) is 13.3 Å². The summed E-state index contributed by atoms with van der Waals surface area (Å²) in [6, 6.07) is 0. The summed E-state index contributed by atoms with van der Waals surface area (Å²) in [7, 11) is 0. The molecule has 5 nitrogen and oxygen atoms in total. The third-order valence-corrected chi connectivity index (χ3v) is 0.832. The number of rotatable bonds is 6. The molecule has 0 saturated carbocycles. The van der Waals surface area contributed by atoms with Gasteiger partial charge in [-0.05, 0) is 6.42 Å². The van der Waals surface area contributed by atoms with Crippen LogP contribution in [-0.2, 0) is 9.78 Å².